The van der Waals surface area contributed by atoms with Crippen LogP contribution in [0.1, 0.15) is 0 Å². The maximum absolute atomic E-state index is 12.1. The van der Waals surface area contributed by atoms with Crippen molar-refractivity contribution in [1.29, 1.82) is 0 Å². The number of fused-ring (bicyclic) bond motifs is 1. The van der Waals surface area contributed by atoms with Gasteiger partial charge in [0.2, 0.25) is 0 Å². The summed E-state index contributed by atoms with van der Waals surface area (Å²) < 4.78 is 10.7. The number of hydrogen-bond acceptors (Lipinski definition) is 6. The Bertz CT molecular complexity index is 646. The van der Waals surface area contributed by atoms with E-state index in [9.17, 15) is 9.59 Å². The smallest absolute Gasteiger partial charge is 0.414 e. The van der Waals surface area contributed by atoms with Crippen molar-refractivity contribution in [2.24, 2.45) is 0 Å². The van der Waals surface area contributed by atoms with Crippen LogP contribution in [0.4, 0.5) is 16.2 Å². The molecule has 0 aromatic heterocycles. The summed E-state index contributed by atoms with van der Waals surface area (Å²) in [5.41, 5.74) is 1.26. The molecule has 0 spiro atoms. The zero-order valence-corrected chi connectivity index (χ0v) is 12.5. The number of amides is 2. The predicted octanol–water partition coefficient (Wildman–Crippen LogP) is -0.0959. The minimum Gasteiger partial charge on any atom is -0.482 e. The first-order valence-electron chi connectivity index (χ1n) is 7.68. The van der Waals surface area contributed by atoms with Crippen LogP contribution in [0.5, 0.6) is 5.75 Å². The fourth-order valence-corrected chi connectivity index (χ4v) is 2.81. The molecule has 8 nitrogen and oxygen atoms in total. The first-order valence-corrected chi connectivity index (χ1v) is 7.68. The van der Waals surface area contributed by atoms with Gasteiger partial charge in [0, 0.05) is 31.4 Å². The van der Waals surface area contributed by atoms with E-state index in [0.717, 1.165) is 13.1 Å². The van der Waals surface area contributed by atoms with E-state index in [1.807, 2.05) is 0 Å². The first kappa shape index (κ1) is 14.3. The highest BCUT2D eigenvalue weighted by atomic mass is 16.6. The van der Waals surface area contributed by atoms with Gasteiger partial charge in [0.25, 0.3) is 5.91 Å². The Morgan fingerprint density at radius 2 is 2.17 bits per heavy atom. The number of ether oxygens (including phenoxy) is 2. The Morgan fingerprint density at radius 3 is 2.96 bits per heavy atom. The topological polar surface area (TPSA) is 91.9 Å². The maximum atomic E-state index is 12.1. The Kier molecular flexibility index (Phi) is 3.55. The highest BCUT2D eigenvalue weighted by Crippen LogP contribution is 2.33. The molecule has 0 bridgehead atoms. The molecule has 3 N–H and O–H groups in total. The molecule has 1 atom stereocenters. The van der Waals surface area contributed by atoms with Gasteiger partial charge in [0.1, 0.15) is 11.9 Å². The van der Waals surface area contributed by atoms with E-state index in [2.05, 4.69) is 16.0 Å². The molecule has 1 aromatic rings. The van der Waals surface area contributed by atoms with Gasteiger partial charge in [-0.2, -0.15) is 0 Å². The van der Waals surface area contributed by atoms with Gasteiger partial charge >= 0.3 is 6.09 Å². The molecule has 0 radical (unpaired) electrons. The number of carbonyl (C=O) groups is 2. The number of cyclic esters (lactones) is 1. The fourth-order valence-electron chi connectivity index (χ4n) is 2.81. The van der Waals surface area contributed by atoms with Crippen molar-refractivity contribution < 1.29 is 19.1 Å². The molecule has 2 saturated heterocycles. The largest absolute Gasteiger partial charge is 0.482 e. The summed E-state index contributed by atoms with van der Waals surface area (Å²) in [6.45, 7) is 3.05. The summed E-state index contributed by atoms with van der Waals surface area (Å²) in [7, 11) is 0. The molecular weight excluding hydrogens is 300 g/mol. The van der Waals surface area contributed by atoms with Gasteiger partial charge in [0.05, 0.1) is 12.2 Å². The molecule has 0 saturated carbocycles. The van der Waals surface area contributed by atoms with Crippen molar-refractivity contribution in [3.63, 3.8) is 0 Å². The molecule has 23 heavy (non-hydrogen) atoms. The third-order valence-corrected chi connectivity index (χ3v) is 4.20. The molecule has 4 rings (SSSR count). The van der Waals surface area contributed by atoms with E-state index in [1.54, 1.807) is 23.1 Å². The summed E-state index contributed by atoms with van der Waals surface area (Å²) in [6.07, 6.45) is -0.545. The van der Waals surface area contributed by atoms with Crippen molar-refractivity contribution in [3.8, 4) is 5.75 Å². The lowest BCUT2D eigenvalue weighted by Crippen LogP contribution is -2.56. The lowest BCUT2D eigenvalue weighted by atomic mass is 10.1. The van der Waals surface area contributed by atoms with Crippen molar-refractivity contribution in [2.45, 2.75) is 12.1 Å². The number of anilines is 2. The van der Waals surface area contributed by atoms with Crippen LogP contribution in [0.25, 0.3) is 0 Å². The average molecular weight is 318 g/mol. The number of nitrogens with zero attached hydrogens (tertiary/aromatic N) is 1. The lowest BCUT2D eigenvalue weighted by molar-refractivity contribution is -0.118. The Balaban J connectivity index is 1.44. The minimum atomic E-state index is -0.369. The van der Waals surface area contributed by atoms with Crippen LogP contribution < -0.4 is 25.6 Å². The Hall–Kier alpha value is -2.32. The van der Waals surface area contributed by atoms with Crippen molar-refractivity contribution in [2.75, 3.05) is 43.0 Å². The van der Waals surface area contributed by atoms with E-state index in [0.29, 0.717) is 36.3 Å². The number of nitrogens with one attached hydrogen (secondary N) is 3. The summed E-state index contributed by atoms with van der Waals surface area (Å²) in [6, 6.07) is 5.74. The molecule has 1 unspecified atom stereocenters. The standard InChI is InChI=1S/C15H18N4O4/c20-14-8-22-13-2-1-10(3-12(13)18-14)19-7-11(23-15(19)21)6-17-9-4-16-5-9/h1-3,9,11,16-17H,4-8H2,(H,18,20). The van der Waals surface area contributed by atoms with Crippen LogP contribution in [0, 0.1) is 0 Å². The third kappa shape index (κ3) is 2.82. The van der Waals surface area contributed by atoms with Gasteiger partial charge in [-0.3, -0.25) is 9.69 Å². The molecule has 3 aliphatic rings. The molecule has 2 fully saturated rings. The van der Waals surface area contributed by atoms with Crippen LogP contribution in [0.15, 0.2) is 18.2 Å². The summed E-state index contributed by atoms with van der Waals surface area (Å²) in [4.78, 5) is 25.1. The number of benzene rings is 1. The SMILES string of the molecule is O=C1COc2ccc(N3CC(CNC4CNC4)OC3=O)cc2N1. The van der Waals surface area contributed by atoms with Crippen molar-refractivity contribution in [1.82, 2.24) is 10.6 Å². The van der Waals surface area contributed by atoms with Gasteiger partial charge in [-0.05, 0) is 18.2 Å². The molecule has 8 heteroatoms. The van der Waals surface area contributed by atoms with Crippen LogP contribution in [0.3, 0.4) is 0 Å². The zero-order chi connectivity index (χ0) is 15.8. The summed E-state index contributed by atoms with van der Waals surface area (Å²) in [5.74, 6) is 0.409. The number of hydrogen-bond donors (Lipinski definition) is 3. The molecule has 1 aromatic carbocycles. The molecule has 0 aliphatic carbocycles. The van der Waals surface area contributed by atoms with Crippen LogP contribution >= 0.6 is 0 Å². The van der Waals surface area contributed by atoms with Crippen molar-refractivity contribution in [3.05, 3.63) is 18.2 Å². The first-order chi connectivity index (χ1) is 11.2. The van der Waals surface area contributed by atoms with Gasteiger partial charge in [-0.1, -0.05) is 0 Å². The van der Waals surface area contributed by atoms with E-state index in [1.165, 1.54) is 0 Å². The monoisotopic (exact) mass is 318 g/mol. The molecule has 2 amide bonds. The van der Waals surface area contributed by atoms with Crippen LogP contribution in [-0.4, -0.2) is 56.9 Å². The lowest BCUT2D eigenvalue weighted by Gasteiger charge is -2.28. The Morgan fingerprint density at radius 1 is 1.30 bits per heavy atom. The molecule has 122 valence electrons. The fraction of sp³-hybridized carbons (Fsp3) is 0.467. The second-order valence-corrected chi connectivity index (χ2v) is 5.90. The van der Waals surface area contributed by atoms with E-state index in [4.69, 9.17) is 9.47 Å². The summed E-state index contributed by atoms with van der Waals surface area (Å²) >= 11 is 0. The third-order valence-electron chi connectivity index (χ3n) is 4.20. The van der Waals surface area contributed by atoms with E-state index in [-0.39, 0.29) is 24.7 Å². The minimum absolute atomic E-state index is 0.0157. The molecule has 3 aliphatic heterocycles. The number of rotatable bonds is 4. The average Bonchev–Trinajstić information content (AvgIpc) is 2.86. The van der Waals surface area contributed by atoms with Crippen LogP contribution in [0.2, 0.25) is 0 Å². The quantitative estimate of drug-likeness (QED) is 0.718. The zero-order valence-electron chi connectivity index (χ0n) is 12.5. The van der Waals surface area contributed by atoms with E-state index < -0.39 is 0 Å². The van der Waals surface area contributed by atoms with Gasteiger partial charge < -0.3 is 25.4 Å². The van der Waals surface area contributed by atoms with Crippen molar-refractivity contribution >= 4 is 23.4 Å². The summed E-state index contributed by atoms with van der Waals surface area (Å²) in [5, 5.41) is 9.29. The van der Waals surface area contributed by atoms with Crippen LogP contribution in [-0.2, 0) is 9.53 Å². The van der Waals surface area contributed by atoms with E-state index >= 15 is 0 Å². The highest BCUT2D eigenvalue weighted by Gasteiger charge is 2.33. The molecular formula is C15H18N4O4. The highest BCUT2D eigenvalue weighted by molar-refractivity contribution is 5.97. The molecule has 3 heterocycles. The number of carbonyl (C=O) groups excluding carboxylic acids is 2. The van der Waals surface area contributed by atoms with Gasteiger partial charge in [-0.25, -0.2) is 4.79 Å². The predicted molar refractivity (Wildman–Crippen MR) is 82.8 cm³/mol. The van der Waals surface area contributed by atoms with Gasteiger partial charge in [-0.15, -0.1) is 0 Å². The second kappa shape index (κ2) is 5.71. The Labute approximate surface area is 133 Å². The second-order valence-electron chi connectivity index (χ2n) is 5.90. The van der Waals surface area contributed by atoms with Gasteiger partial charge in [0.15, 0.2) is 6.61 Å². The normalized spacial score (nSPS) is 23.7. The maximum Gasteiger partial charge on any atom is 0.414 e.